The molecule has 0 aliphatic carbocycles. The van der Waals surface area contributed by atoms with Gasteiger partial charge in [-0.3, -0.25) is 4.72 Å². The smallest absolute Gasteiger partial charge is 0.123 e. The van der Waals surface area contributed by atoms with E-state index in [0.717, 1.165) is 29.7 Å². The summed E-state index contributed by atoms with van der Waals surface area (Å²) >= 11 is 1.81. The van der Waals surface area contributed by atoms with E-state index in [1.807, 2.05) is 29.9 Å². The zero-order valence-corrected chi connectivity index (χ0v) is 15.2. The first-order valence-corrected chi connectivity index (χ1v) is 9.35. The fourth-order valence-electron chi connectivity index (χ4n) is 3.50. The molecule has 130 valence electrons. The minimum Gasteiger partial charge on any atom is -0.370 e. The van der Waals surface area contributed by atoms with Gasteiger partial charge in [-0.2, -0.15) is 5.10 Å². The minimum atomic E-state index is -0.235. The zero-order valence-electron chi connectivity index (χ0n) is 14.4. The SMILES string of the molecule is CNSC1CCN(c2cc3cnn(-c4ccc(F)cc4)c3cc2C)C1. The van der Waals surface area contributed by atoms with E-state index in [2.05, 4.69) is 33.8 Å². The van der Waals surface area contributed by atoms with Gasteiger partial charge in [0.05, 0.1) is 17.4 Å². The van der Waals surface area contributed by atoms with E-state index in [9.17, 15) is 4.39 Å². The van der Waals surface area contributed by atoms with E-state index in [-0.39, 0.29) is 5.82 Å². The molecule has 4 nitrogen and oxygen atoms in total. The van der Waals surface area contributed by atoms with E-state index in [4.69, 9.17) is 0 Å². The molecule has 3 aromatic rings. The quantitative estimate of drug-likeness (QED) is 0.719. The molecule has 0 amide bonds. The summed E-state index contributed by atoms with van der Waals surface area (Å²) in [6.07, 6.45) is 3.08. The van der Waals surface area contributed by atoms with Crippen LogP contribution < -0.4 is 9.62 Å². The minimum absolute atomic E-state index is 0.235. The highest BCUT2D eigenvalue weighted by Gasteiger charge is 2.24. The lowest BCUT2D eigenvalue weighted by Crippen LogP contribution is -2.22. The number of rotatable bonds is 4. The van der Waals surface area contributed by atoms with Crippen LogP contribution in [0.2, 0.25) is 0 Å². The molecule has 1 atom stereocenters. The number of anilines is 1. The molecule has 0 bridgehead atoms. The highest BCUT2D eigenvalue weighted by molar-refractivity contribution is 7.98. The maximum atomic E-state index is 13.2. The van der Waals surface area contributed by atoms with Crippen LogP contribution in [-0.2, 0) is 0 Å². The van der Waals surface area contributed by atoms with Crippen LogP contribution in [0, 0.1) is 12.7 Å². The van der Waals surface area contributed by atoms with Crippen molar-refractivity contribution in [1.29, 1.82) is 0 Å². The lowest BCUT2D eigenvalue weighted by atomic mass is 10.1. The maximum Gasteiger partial charge on any atom is 0.123 e. The number of hydrogen-bond donors (Lipinski definition) is 1. The summed E-state index contributed by atoms with van der Waals surface area (Å²) < 4.78 is 18.2. The summed E-state index contributed by atoms with van der Waals surface area (Å²) in [6, 6.07) is 10.8. The number of nitrogens with one attached hydrogen (secondary N) is 1. The second-order valence-corrected chi connectivity index (χ2v) is 7.72. The van der Waals surface area contributed by atoms with Crippen LogP contribution in [0.3, 0.4) is 0 Å². The van der Waals surface area contributed by atoms with Crippen molar-refractivity contribution < 1.29 is 4.39 Å². The van der Waals surface area contributed by atoms with Crippen LogP contribution in [-0.4, -0.2) is 35.2 Å². The molecular weight excluding hydrogens is 335 g/mol. The Morgan fingerprint density at radius 3 is 2.80 bits per heavy atom. The molecule has 0 radical (unpaired) electrons. The molecule has 1 aromatic heterocycles. The summed E-state index contributed by atoms with van der Waals surface area (Å²) in [5.74, 6) is -0.235. The van der Waals surface area contributed by atoms with Crippen LogP contribution in [0.1, 0.15) is 12.0 Å². The molecule has 1 fully saturated rings. The van der Waals surface area contributed by atoms with E-state index < -0.39 is 0 Å². The Labute approximate surface area is 151 Å². The normalized spacial score (nSPS) is 17.6. The topological polar surface area (TPSA) is 33.1 Å². The van der Waals surface area contributed by atoms with Crippen LogP contribution in [0.5, 0.6) is 0 Å². The molecule has 0 saturated carbocycles. The summed E-state index contributed by atoms with van der Waals surface area (Å²) in [7, 11) is 1.98. The van der Waals surface area contributed by atoms with Gasteiger partial charge in [0.2, 0.25) is 0 Å². The van der Waals surface area contributed by atoms with Crippen LogP contribution >= 0.6 is 11.9 Å². The fraction of sp³-hybridized carbons (Fsp3) is 0.316. The summed E-state index contributed by atoms with van der Waals surface area (Å²) in [6.45, 7) is 4.29. The maximum absolute atomic E-state index is 13.2. The Hall–Kier alpha value is -2.05. The highest BCUT2D eigenvalue weighted by Crippen LogP contribution is 2.32. The number of aryl methyl sites for hydroxylation is 1. The molecule has 4 rings (SSSR count). The summed E-state index contributed by atoms with van der Waals surface area (Å²) in [5.41, 5.74) is 4.44. The monoisotopic (exact) mass is 356 g/mol. The zero-order chi connectivity index (χ0) is 17.4. The van der Waals surface area contributed by atoms with Gasteiger partial charge in [0.25, 0.3) is 0 Å². The van der Waals surface area contributed by atoms with Crippen LogP contribution in [0.4, 0.5) is 10.1 Å². The van der Waals surface area contributed by atoms with E-state index in [1.54, 1.807) is 12.1 Å². The Balaban J connectivity index is 1.69. The Bertz CT molecular complexity index is 890. The van der Waals surface area contributed by atoms with Gasteiger partial charge < -0.3 is 4.90 Å². The van der Waals surface area contributed by atoms with Gasteiger partial charge in [-0.15, -0.1) is 0 Å². The Morgan fingerprint density at radius 2 is 2.04 bits per heavy atom. The third-order valence-electron chi connectivity index (χ3n) is 4.73. The first-order chi connectivity index (χ1) is 12.2. The second kappa shape index (κ2) is 6.69. The number of hydrogen-bond acceptors (Lipinski definition) is 4. The fourth-order valence-corrected chi connectivity index (χ4v) is 4.32. The van der Waals surface area contributed by atoms with Gasteiger partial charge in [0, 0.05) is 29.4 Å². The lowest BCUT2D eigenvalue weighted by molar-refractivity contribution is 0.627. The molecule has 0 spiro atoms. The van der Waals surface area contributed by atoms with Gasteiger partial charge in [-0.1, -0.05) is 11.9 Å². The number of benzene rings is 2. The van der Waals surface area contributed by atoms with E-state index in [1.165, 1.54) is 29.8 Å². The first kappa shape index (κ1) is 16.4. The average molecular weight is 356 g/mol. The van der Waals surface area contributed by atoms with Crippen molar-refractivity contribution in [1.82, 2.24) is 14.5 Å². The second-order valence-electron chi connectivity index (χ2n) is 6.41. The molecule has 1 unspecified atom stereocenters. The molecule has 2 aromatic carbocycles. The Kier molecular flexibility index (Phi) is 4.39. The largest absolute Gasteiger partial charge is 0.370 e. The van der Waals surface area contributed by atoms with Gasteiger partial charge >= 0.3 is 0 Å². The van der Waals surface area contributed by atoms with Crippen molar-refractivity contribution in [2.45, 2.75) is 18.6 Å². The molecule has 1 N–H and O–H groups in total. The molecule has 2 heterocycles. The van der Waals surface area contributed by atoms with Gasteiger partial charge in [-0.25, -0.2) is 9.07 Å². The molecular formula is C19H21FN4S. The standard InChI is InChI=1S/C19H21FN4S/c1-13-9-19-14(10-18(13)23-8-7-17(12-23)25-21-2)11-22-24(19)16-5-3-15(20)4-6-16/h3-6,9-11,17,21H,7-8,12H2,1-2H3. The van der Waals surface area contributed by atoms with E-state index in [0.29, 0.717) is 5.25 Å². The van der Waals surface area contributed by atoms with Crippen molar-refractivity contribution in [2.24, 2.45) is 0 Å². The van der Waals surface area contributed by atoms with Crippen molar-refractivity contribution >= 4 is 28.5 Å². The molecule has 1 saturated heterocycles. The lowest BCUT2D eigenvalue weighted by Gasteiger charge is -2.21. The van der Waals surface area contributed by atoms with Gasteiger partial charge in [0.1, 0.15) is 5.82 Å². The van der Waals surface area contributed by atoms with Crippen molar-refractivity contribution in [3.05, 3.63) is 54.0 Å². The summed E-state index contributed by atoms with van der Waals surface area (Å²) in [4.78, 5) is 2.46. The van der Waals surface area contributed by atoms with Crippen LogP contribution in [0.15, 0.2) is 42.6 Å². The predicted octanol–water partition coefficient (Wildman–Crippen LogP) is 3.92. The average Bonchev–Trinajstić information content (AvgIpc) is 3.22. The third-order valence-corrected chi connectivity index (χ3v) is 5.68. The number of aromatic nitrogens is 2. The van der Waals surface area contributed by atoms with Crippen LogP contribution in [0.25, 0.3) is 16.6 Å². The van der Waals surface area contributed by atoms with Crippen molar-refractivity contribution in [3.63, 3.8) is 0 Å². The highest BCUT2D eigenvalue weighted by atomic mass is 32.2. The molecule has 6 heteroatoms. The molecule has 1 aliphatic heterocycles. The number of fused-ring (bicyclic) bond motifs is 1. The molecule has 1 aliphatic rings. The third kappa shape index (κ3) is 3.12. The first-order valence-electron chi connectivity index (χ1n) is 8.47. The predicted molar refractivity (Wildman–Crippen MR) is 103 cm³/mol. The number of nitrogens with zero attached hydrogens (tertiary/aromatic N) is 3. The van der Waals surface area contributed by atoms with E-state index >= 15 is 0 Å². The number of halogens is 1. The van der Waals surface area contributed by atoms with Gasteiger partial charge in [0.15, 0.2) is 0 Å². The van der Waals surface area contributed by atoms with Crippen molar-refractivity contribution in [3.8, 4) is 5.69 Å². The molecule has 25 heavy (non-hydrogen) atoms. The van der Waals surface area contributed by atoms with Gasteiger partial charge in [-0.05, 0) is 62.4 Å². The Morgan fingerprint density at radius 1 is 1.24 bits per heavy atom. The van der Waals surface area contributed by atoms with Crippen molar-refractivity contribution in [2.75, 3.05) is 25.0 Å². The summed E-state index contributed by atoms with van der Waals surface area (Å²) in [5, 5.41) is 6.24.